The van der Waals surface area contributed by atoms with E-state index >= 15 is 0 Å². The molecule has 19 heavy (non-hydrogen) atoms. The third-order valence-corrected chi connectivity index (χ3v) is 3.51. The number of hydrogen-bond donors (Lipinski definition) is 0. The van der Waals surface area contributed by atoms with E-state index in [9.17, 15) is 17.6 Å². The molecule has 0 N–H and O–H groups in total. The van der Waals surface area contributed by atoms with Gasteiger partial charge < -0.3 is 0 Å². The number of nitrogens with zero attached hydrogens (tertiary/aromatic N) is 1. The van der Waals surface area contributed by atoms with Crippen molar-refractivity contribution in [3.8, 4) is 10.6 Å². The molecule has 6 heteroatoms. The molecular formula is C13H11F4NS. The maximum absolute atomic E-state index is 13.6. The quantitative estimate of drug-likeness (QED) is 0.731. The minimum absolute atomic E-state index is 0.0952. The van der Waals surface area contributed by atoms with Crippen molar-refractivity contribution in [2.75, 3.05) is 0 Å². The molecule has 0 saturated heterocycles. The lowest BCUT2D eigenvalue weighted by molar-refractivity contribution is -0.137. The Morgan fingerprint density at radius 3 is 2.63 bits per heavy atom. The van der Waals surface area contributed by atoms with E-state index in [0.717, 1.165) is 48.1 Å². The first kappa shape index (κ1) is 14.0. The normalized spacial score (nSPS) is 11.8. The highest BCUT2D eigenvalue weighted by molar-refractivity contribution is 7.13. The summed E-state index contributed by atoms with van der Waals surface area (Å²) < 4.78 is 51.4. The van der Waals surface area contributed by atoms with E-state index in [-0.39, 0.29) is 10.6 Å². The van der Waals surface area contributed by atoms with Gasteiger partial charge in [-0.3, -0.25) is 0 Å². The van der Waals surface area contributed by atoms with Gasteiger partial charge in [0.15, 0.2) is 0 Å². The summed E-state index contributed by atoms with van der Waals surface area (Å²) in [7, 11) is 0. The SMILES string of the molecule is CCCc1csc(-c2cc(C(F)(F)F)ccc2F)n1. The molecule has 0 aliphatic rings. The molecule has 2 rings (SSSR count). The zero-order chi connectivity index (χ0) is 14.0. The molecule has 102 valence electrons. The first-order valence-corrected chi connectivity index (χ1v) is 6.61. The Bertz CT molecular complexity index is 574. The van der Waals surface area contributed by atoms with E-state index in [1.165, 1.54) is 0 Å². The lowest BCUT2D eigenvalue weighted by atomic mass is 10.1. The summed E-state index contributed by atoms with van der Waals surface area (Å²) in [4.78, 5) is 4.17. The lowest BCUT2D eigenvalue weighted by Crippen LogP contribution is -2.05. The van der Waals surface area contributed by atoms with Gasteiger partial charge in [-0.1, -0.05) is 13.3 Å². The first-order chi connectivity index (χ1) is 8.91. The molecule has 0 amide bonds. The van der Waals surface area contributed by atoms with Crippen LogP contribution in [0, 0.1) is 5.82 Å². The largest absolute Gasteiger partial charge is 0.416 e. The van der Waals surface area contributed by atoms with Gasteiger partial charge in [-0.2, -0.15) is 13.2 Å². The van der Waals surface area contributed by atoms with Gasteiger partial charge in [0.05, 0.1) is 11.3 Å². The molecule has 0 unspecified atom stereocenters. The number of benzene rings is 1. The molecule has 0 fully saturated rings. The van der Waals surface area contributed by atoms with Gasteiger partial charge >= 0.3 is 6.18 Å². The van der Waals surface area contributed by atoms with Crippen LogP contribution in [-0.2, 0) is 12.6 Å². The number of hydrogen-bond acceptors (Lipinski definition) is 2. The third kappa shape index (κ3) is 3.12. The zero-order valence-corrected chi connectivity index (χ0v) is 10.9. The van der Waals surface area contributed by atoms with Crippen molar-refractivity contribution in [3.63, 3.8) is 0 Å². The molecule has 1 nitrogen and oxygen atoms in total. The Hall–Kier alpha value is -1.43. The summed E-state index contributed by atoms with van der Waals surface area (Å²) in [6.45, 7) is 1.98. The smallest absolute Gasteiger partial charge is 0.241 e. The Morgan fingerprint density at radius 2 is 2.00 bits per heavy atom. The fourth-order valence-corrected chi connectivity index (χ4v) is 2.54. The van der Waals surface area contributed by atoms with Crippen molar-refractivity contribution >= 4 is 11.3 Å². The van der Waals surface area contributed by atoms with E-state index in [0.29, 0.717) is 0 Å². The van der Waals surface area contributed by atoms with Gasteiger partial charge in [0, 0.05) is 10.9 Å². The highest BCUT2D eigenvalue weighted by Crippen LogP contribution is 2.34. The van der Waals surface area contributed by atoms with Crippen LogP contribution in [0.15, 0.2) is 23.6 Å². The van der Waals surface area contributed by atoms with Crippen LogP contribution < -0.4 is 0 Å². The molecule has 1 heterocycles. The van der Waals surface area contributed by atoms with Crippen LogP contribution in [0.5, 0.6) is 0 Å². The van der Waals surface area contributed by atoms with Crippen LogP contribution in [0.2, 0.25) is 0 Å². The Morgan fingerprint density at radius 1 is 1.26 bits per heavy atom. The second-order valence-electron chi connectivity index (χ2n) is 4.09. The number of alkyl halides is 3. The molecule has 0 aliphatic carbocycles. The summed E-state index contributed by atoms with van der Waals surface area (Å²) in [5.41, 5.74) is -0.183. The van der Waals surface area contributed by atoms with Gasteiger partial charge in [-0.05, 0) is 24.6 Å². The molecule has 0 radical (unpaired) electrons. The first-order valence-electron chi connectivity index (χ1n) is 5.73. The Balaban J connectivity index is 2.42. The predicted octanol–water partition coefficient (Wildman–Crippen LogP) is 4.92. The van der Waals surface area contributed by atoms with Crippen molar-refractivity contribution in [3.05, 3.63) is 40.7 Å². The van der Waals surface area contributed by atoms with Gasteiger partial charge in [0.25, 0.3) is 0 Å². The van der Waals surface area contributed by atoms with Crippen LogP contribution >= 0.6 is 11.3 Å². The van der Waals surface area contributed by atoms with Gasteiger partial charge in [0.2, 0.25) is 0 Å². The predicted molar refractivity (Wildman–Crippen MR) is 66.5 cm³/mol. The summed E-state index contributed by atoms with van der Waals surface area (Å²) in [6, 6.07) is 2.38. The van der Waals surface area contributed by atoms with Crippen molar-refractivity contribution in [1.29, 1.82) is 0 Å². The molecule has 1 aromatic carbocycles. The molecule has 0 saturated carbocycles. The fourth-order valence-electron chi connectivity index (χ4n) is 1.67. The van der Waals surface area contributed by atoms with Gasteiger partial charge in [-0.25, -0.2) is 9.37 Å². The minimum Gasteiger partial charge on any atom is -0.241 e. The van der Waals surface area contributed by atoms with E-state index in [1.807, 2.05) is 6.92 Å². The maximum Gasteiger partial charge on any atom is 0.416 e. The molecule has 0 aliphatic heterocycles. The summed E-state index contributed by atoms with van der Waals surface area (Å²) >= 11 is 1.16. The average Bonchev–Trinajstić information content (AvgIpc) is 2.77. The second-order valence-corrected chi connectivity index (χ2v) is 4.94. The van der Waals surface area contributed by atoms with Crippen LogP contribution in [0.4, 0.5) is 17.6 Å². The summed E-state index contributed by atoms with van der Waals surface area (Å²) in [5.74, 6) is -0.689. The lowest BCUT2D eigenvalue weighted by Gasteiger charge is -2.08. The third-order valence-electron chi connectivity index (χ3n) is 2.58. The number of halogens is 4. The van der Waals surface area contributed by atoms with E-state index in [2.05, 4.69) is 4.98 Å². The standard InChI is InChI=1S/C13H11F4NS/c1-2-3-9-7-19-12(18-9)10-6-8(13(15,16)17)4-5-11(10)14/h4-7H,2-3H2,1H3. The van der Waals surface area contributed by atoms with Crippen molar-refractivity contribution in [1.82, 2.24) is 4.98 Å². The van der Waals surface area contributed by atoms with Crippen molar-refractivity contribution < 1.29 is 17.6 Å². The van der Waals surface area contributed by atoms with Crippen LogP contribution in [0.3, 0.4) is 0 Å². The summed E-state index contributed by atoms with van der Waals surface area (Å²) in [6.07, 6.45) is -2.86. The number of aryl methyl sites for hydroxylation is 1. The molecule has 0 bridgehead atoms. The Labute approximate surface area is 111 Å². The van der Waals surface area contributed by atoms with E-state index in [1.54, 1.807) is 5.38 Å². The van der Waals surface area contributed by atoms with Crippen LogP contribution in [0.25, 0.3) is 10.6 Å². The molecule has 0 atom stereocenters. The van der Waals surface area contributed by atoms with Crippen molar-refractivity contribution in [2.24, 2.45) is 0 Å². The number of aromatic nitrogens is 1. The highest BCUT2D eigenvalue weighted by atomic mass is 32.1. The average molecular weight is 289 g/mol. The fraction of sp³-hybridized carbons (Fsp3) is 0.308. The Kier molecular flexibility index (Phi) is 3.89. The number of rotatable bonds is 3. The number of thiazole rings is 1. The maximum atomic E-state index is 13.6. The monoisotopic (exact) mass is 289 g/mol. The molecule has 2 aromatic rings. The molecular weight excluding hydrogens is 278 g/mol. The molecule has 0 spiro atoms. The topological polar surface area (TPSA) is 12.9 Å². The minimum atomic E-state index is -4.48. The van der Waals surface area contributed by atoms with E-state index < -0.39 is 17.6 Å². The summed E-state index contributed by atoms with van der Waals surface area (Å²) in [5, 5.41) is 2.03. The van der Waals surface area contributed by atoms with Gasteiger partial charge in [-0.15, -0.1) is 11.3 Å². The van der Waals surface area contributed by atoms with Crippen molar-refractivity contribution in [2.45, 2.75) is 25.9 Å². The highest BCUT2D eigenvalue weighted by Gasteiger charge is 2.31. The molecule has 1 aromatic heterocycles. The van der Waals surface area contributed by atoms with Crippen LogP contribution in [-0.4, -0.2) is 4.98 Å². The zero-order valence-electron chi connectivity index (χ0n) is 10.1. The second kappa shape index (κ2) is 5.28. The van der Waals surface area contributed by atoms with Gasteiger partial charge in [0.1, 0.15) is 10.8 Å². The van der Waals surface area contributed by atoms with E-state index in [4.69, 9.17) is 0 Å². The van der Waals surface area contributed by atoms with Crippen LogP contribution in [0.1, 0.15) is 24.6 Å².